The highest BCUT2D eigenvalue weighted by atomic mass is 32.1. The highest BCUT2D eigenvalue weighted by Gasteiger charge is 2.30. The van der Waals surface area contributed by atoms with Crippen LogP contribution in [0.1, 0.15) is 17.7 Å². The molecular formula is C16H16FNO2S. The van der Waals surface area contributed by atoms with Crippen molar-refractivity contribution in [3.05, 3.63) is 47.1 Å². The maximum atomic E-state index is 13.8. The van der Waals surface area contributed by atoms with E-state index < -0.39 is 5.97 Å². The van der Waals surface area contributed by atoms with Crippen LogP contribution in [0.25, 0.3) is 10.4 Å². The number of carboxylic acid groups (broad SMARTS) is 1. The number of carbonyl (C=O) groups is 1. The van der Waals surface area contributed by atoms with Crippen LogP contribution in [-0.4, -0.2) is 28.6 Å². The largest absolute Gasteiger partial charge is 0.480 e. The van der Waals surface area contributed by atoms with Crippen LogP contribution in [0, 0.1) is 5.82 Å². The molecule has 3 rings (SSSR count). The van der Waals surface area contributed by atoms with E-state index in [1.54, 1.807) is 12.1 Å². The van der Waals surface area contributed by atoms with Gasteiger partial charge in [-0.25, -0.2) is 4.39 Å². The number of thiophene rings is 1. The number of hydrogen-bond donors (Lipinski definition) is 1. The Balaban J connectivity index is 1.77. The van der Waals surface area contributed by atoms with Crippen molar-refractivity contribution in [2.24, 2.45) is 0 Å². The molecule has 3 nitrogen and oxygen atoms in total. The number of benzene rings is 1. The first-order valence-electron chi connectivity index (χ1n) is 6.95. The fraction of sp³-hybridized carbons (Fsp3) is 0.312. The summed E-state index contributed by atoms with van der Waals surface area (Å²) in [6.45, 7) is 1.43. The van der Waals surface area contributed by atoms with E-state index in [1.807, 2.05) is 23.1 Å². The molecule has 0 radical (unpaired) electrons. The third-order valence-electron chi connectivity index (χ3n) is 3.81. The zero-order valence-electron chi connectivity index (χ0n) is 11.5. The molecule has 1 aliphatic rings. The van der Waals surface area contributed by atoms with Crippen LogP contribution in [0.3, 0.4) is 0 Å². The fourth-order valence-corrected chi connectivity index (χ4v) is 3.82. The zero-order chi connectivity index (χ0) is 14.8. The topological polar surface area (TPSA) is 40.5 Å². The SMILES string of the molecule is O=C(O)C1CCCN1Cc1ccc(-c2ccccc2F)s1. The van der Waals surface area contributed by atoms with Crippen LogP contribution in [0.5, 0.6) is 0 Å². The Labute approximate surface area is 126 Å². The Hall–Kier alpha value is -1.72. The van der Waals surface area contributed by atoms with Gasteiger partial charge in [0.25, 0.3) is 0 Å². The normalized spacial score (nSPS) is 19.0. The second-order valence-corrected chi connectivity index (χ2v) is 6.38. The molecule has 1 fully saturated rings. The third-order valence-corrected chi connectivity index (χ3v) is 4.91. The number of rotatable bonds is 4. The van der Waals surface area contributed by atoms with E-state index in [0.29, 0.717) is 18.5 Å². The van der Waals surface area contributed by atoms with Crippen molar-refractivity contribution in [2.75, 3.05) is 6.54 Å². The van der Waals surface area contributed by atoms with Gasteiger partial charge < -0.3 is 5.11 Å². The van der Waals surface area contributed by atoms with Gasteiger partial charge in [0.1, 0.15) is 11.9 Å². The maximum Gasteiger partial charge on any atom is 0.320 e. The van der Waals surface area contributed by atoms with E-state index >= 15 is 0 Å². The summed E-state index contributed by atoms with van der Waals surface area (Å²) < 4.78 is 13.8. The molecule has 0 bridgehead atoms. The molecule has 1 aromatic carbocycles. The number of nitrogens with zero attached hydrogens (tertiary/aromatic N) is 1. The number of halogens is 1. The minimum atomic E-state index is -0.751. The summed E-state index contributed by atoms with van der Waals surface area (Å²) in [5, 5.41) is 9.19. The van der Waals surface area contributed by atoms with E-state index in [4.69, 9.17) is 0 Å². The molecule has 0 amide bonds. The van der Waals surface area contributed by atoms with Crippen molar-refractivity contribution in [1.29, 1.82) is 0 Å². The number of aliphatic carboxylic acids is 1. The summed E-state index contributed by atoms with van der Waals surface area (Å²) in [5.74, 6) is -0.978. The lowest BCUT2D eigenvalue weighted by molar-refractivity contribution is -0.142. The van der Waals surface area contributed by atoms with Crippen molar-refractivity contribution in [1.82, 2.24) is 4.90 Å². The summed E-state index contributed by atoms with van der Waals surface area (Å²) in [6, 6.07) is 10.2. The minimum Gasteiger partial charge on any atom is -0.480 e. The molecule has 1 saturated heterocycles. The Kier molecular flexibility index (Phi) is 4.03. The predicted octanol–water partition coefficient (Wildman–Crippen LogP) is 3.60. The summed E-state index contributed by atoms with van der Waals surface area (Å²) in [5.41, 5.74) is 0.602. The van der Waals surface area contributed by atoms with Gasteiger partial charge in [-0.15, -0.1) is 11.3 Å². The van der Waals surface area contributed by atoms with E-state index in [2.05, 4.69) is 0 Å². The van der Waals surface area contributed by atoms with Gasteiger partial charge in [-0.3, -0.25) is 9.69 Å². The molecule has 0 saturated carbocycles. The molecule has 0 spiro atoms. The van der Waals surface area contributed by atoms with Gasteiger partial charge >= 0.3 is 5.97 Å². The molecule has 0 aliphatic carbocycles. The Bertz CT molecular complexity index is 655. The zero-order valence-corrected chi connectivity index (χ0v) is 12.3. The summed E-state index contributed by atoms with van der Waals surface area (Å²) >= 11 is 1.53. The average molecular weight is 305 g/mol. The van der Waals surface area contributed by atoms with E-state index in [0.717, 1.165) is 22.7 Å². The Morgan fingerprint density at radius 2 is 2.14 bits per heavy atom. The number of hydrogen-bond acceptors (Lipinski definition) is 3. The molecule has 1 aliphatic heterocycles. The maximum absolute atomic E-state index is 13.8. The molecule has 1 atom stereocenters. The molecule has 110 valence electrons. The summed E-state index contributed by atoms with van der Waals surface area (Å²) in [4.78, 5) is 15.1. The molecular weight excluding hydrogens is 289 g/mol. The van der Waals surface area contributed by atoms with Crippen molar-refractivity contribution in [3.63, 3.8) is 0 Å². The van der Waals surface area contributed by atoms with Gasteiger partial charge in [-0.05, 0) is 37.6 Å². The standard InChI is InChI=1S/C16H16FNO2S/c17-13-5-2-1-4-12(13)15-8-7-11(21-15)10-18-9-3-6-14(18)16(19)20/h1-2,4-5,7-8,14H,3,6,9-10H2,(H,19,20). The van der Waals surface area contributed by atoms with Crippen LogP contribution >= 0.6 is 11.3 Å². The molecule has 2 heterocycles. The number of carboxylic acids is 1. The van der Waals surface area contributed by atoms with Gasteiger partial charge in [0.05, 0.1) is 0 Å². The van der Waals surface area contributed by atoms with Crippen LogP contribution < -0.4 is 0 Å². The average Bonchev–Trinajstić information content (AvgIpc) is 3.09. The third kappa shape index (κ3) is 2.99. The second kappa shape index (κ2) is 5.95. The highest BCUT2D eigenvalue weighted by molar-refractivity contribution is 7.15. The lowest BCUT2D eigenvalue weighted by Gasteiger charge is -2.19. The molecule has 1 N–H and O–H groups in total. The van der Waals surface area contributed by atoms with Crippen LogP contribution in [0.15, 0.2) is 36.4 Å². The lowest BCUT2D eigenvalue weighted by atomic mass is 10.2. The van der Waals surface area contributed by atoms with E-state index in [1.165, 1.54) is 17.4 Å². The van der Waals surface area contributed by atoms with E-state index in [-0.39, 0.29) is 11.9 Å². The van der Waals surface area contributed by atoms with Crippen molar-refractivity contribution < 1.29 is 14.3 Å². The Morgan fingerprint density at radius 1 is 1.33 bits per heavy atom. The molecule has 5 heteroatoms. The lowest BCUT2D eigenvalue weighted by Crippen LogP contribution is -2.35. The van der Waals surface area contributed by atoms with E-state index in [9.17, 15) is 14.3 Å². The minimum absolute atomic E-state index is 0.226. The quantitative estimate of drug-likeness (QED) is 0.938. The monoisotopic (exact) mass is 305 g/mol. The van der Waals surface area contributed by atoms with Crippen LogP contribution in [-0.2, 0) is 11.3 Å². The summed E-state index contributed by atoms with van der Waals surface area (Å²) in [6.07, 6.45) is 1.63. The number of likely N-dealkylation sites (tertiary alicyclic amines) is 1. The molecule has 21 heavy (non-hydrogen) atoms. The highest BCUT2D eigenvalue weighted by Crippen LogP contribution is 2.31. The van der Waals surface area contributed by atoms with Crippen molar-refractivity contribution in [3.8, 4) is 10.4 Å². The Morgan fingerprint density at radius 3 is 2.90 bits per heavy atom. The first-order valence-corrected chi connectivity index (χ1v) is 7.77. The molecule has 1 unspecified atom stereocenters. The predicted molar refractivity (Wildman–Crippen MR) is 80.8 cm³/mol. The first-order chi connectivity index (χ1) is 10.1. The van der Waals surface area contributed by atoms with Gasteiger partial charge in [-0.1, -0.05) is 18.2 Å². The van der Waals surface area contributed by atoms with Gasteiger partial charge in [0, 0.05) is 21.9 Å². The van der Waals surface area contributed by atoms with Crippen LogP contribution in [0.4, 0.5) is 4.39 Å². The molecule has 2 aromatic rings. The van der Waals surface area contributed by atoms with Crippen molar-refractivity contribution >= 4 is 17.3 Å². The fourth-order valence-electron chi connectivity index (χ4n) is 2.76. The molecule has 1 aromatic heterocycles. The smallest absolute Gasteiger partial charge is 0.320 e. The van der Waals surface area contributed by atoms with Crippen molar-refractivity contribution in [2.45, 2.75) is 25.4 Å². The van der Waals surface area contributed by atoms with Gasteiger partial charge in [0.2, 0.25) is 0 Å². The van der Waals surface area contributed by atoms with Crippen LogP contribution in [0.2, 0.25) is 0 Å². The van der Waals surface area contributed by atoms with Gasteiger partial charge in [-0.2, -0.15) is 0 Å². The second-order valence-electron chi connectivity index (χ2n) is 5.21. The summed E-state index contributed by atoms with van der Waals surface area (Å²) in [7, 11) is 0. The van der Waals surface area contributed by atoms with Gasteiger partial charge in [0.15, 0.2) is 0 Å². The first kappa shape index (κ1) is 14.2.